The van der Waals surface area contributed by atoms with Crippen LogP contribution in [0.4, 0.5) is 0 Å². The first-order chi connectivity index (χ1) is 10.2. The van der Waals surface area contributed by atoms with Gasteiger partial charge in [0.1, 0.15) is 12.4 Å². The number of rotatable bonds is 7. The van der Waals surface area contributed by atoms with Gasteiger partial charge in [0, 0.05) is 11.0 Å². The number of hydrogen-bond acceptors (Lipinski definition) is 3. The maximum atomic E-state index is 6.10. The van der Waals surface area contributed by atoms with E-state index < -0.39 is 0 Å². The number of hydrogen-bond donors (Lipinski definition) is 1. The molecule has 0 spiro atoms. The van der Waals surface area contributed by atoms with Crippen LogP contribution in [0.3, 0.4) is 0 Å². The molecule has 0 unspecified atom stereocenters. The van der Waals surface area contributed by atoms with Crippen molar-refractivity contribution in [3.8, 4) is 5.75 Å². The fourth-order valence-electron chi connectivity index (χ4n) is 1.84. The summed E-state index contributed by atoms with van der Waals surface area (Å²) in [5.41, 5.74) is 1.91. The zero-order valence-corrected chi connectivity index (χ0v) is 14.2. The summed E-state index contributed by atoms with van der Waals surface area (Å²) >= 11 is 9.51. The van der Waals surface area contributed by atoms with Crippen LogP contribution in [0.5, 0.6) is 5.75 Å². The van der Waals surface area contributed by atoms with E-state index in [0.29, 0.717) is 17.4 Å². The zero-order chi connectivity index (χ0) is 15.1. The molecule has 0 radical (unpaired) electrons. The summed E-state index contributed by atoms with van der Waals surface area (Å²) < 4.78 is 6.68. The number of ether oxygens (including phenoxy) is 1. The van der Waals surface area contributed by atoms with E-state index in [1.165, 1.54) is 0 Å². The van der Waals surface area contributed by atoms with E-state index in [0.717, 1.165) is 35.4 Å². The fourth-order valence-corrected chi connectivity index (χ4v) is 2.35. The van der Waals surface area contributed by atoms with E-state index in [1.807, 2.05) is 30.3 Å². The van der Waals surface area contributed by atoms with Gasteiger partial charge in [-0.25, -0.2) is 0 Å². The largest absolute Gasteiger partial charge is 0.486 e. The Morgan fingerprint density at radius 1 is 1.24 bits per heavy atom. The Morgan fingerprint density at radius 3 is 2.86 bits per heavy atom. The van der Waals surface area contributed by atoms with Gasteiger partial charge in [0.05, 0.1) is 16.4 Å². The Hall–Kier alpha value is -1.10. The lowest BCUT2D eigenvalue weighted by Crippen LogP contribution is -2.15. The third-order valence-electron chi connectivity index (χ3n) is 2.87. The molecule has 21 heavy (non-hydrogen) atoms. The summed E-state index contributed by atoms with van der Waals surface area (Å²) in [6.45, 7) is 4.32. The molecule has 0 atom stereocenters. The van der Waals surface area contributed by atoms with Gasteiger partial charge in [-0.15, -0.1) is 0 Å². The number of pyridine rings is 1. The topological polar surface area (TPSA) is 34.1 Å². The fraction of sp³-hybridized carbons (Fsp3) is 0.312. The molecule has 0 saturated carbocycles. The molecule has 0 amide bonds. The zero-order valence-electron chi connectivity index (χ0n) is 11.9. The molecule has 0 aliphatic heterocycles. The molecule has 1 heterocycles. The van der Waals surface area contributed by atoms with Gasteiger partial charge >= 0.3 is 0 Å². The molecule has 0 aliphatic carbocycles. The van der Waals surface area contributed by atoms with Crippen molar-refractivity contribution in [2.45, 2.75) is 26.5 Å². The Bertz CT molecular complexity index is 592. The molecule has 0 aliphatic rings. The average molecular weight is 370 g/mol. The summed E-state index contributed by atoms with van der Waals surface area (Å²) in [6.07, 6.45) is 1.12. The predicted molar refractivity (Wildman–Crippen MR) is 89.7 cm³/mol. The van der Waals surface area contributed by atoms with Gasteiger partial charge in [-0.1, -0.05) is 40.5 Å². The summed E-state index contributed by atoms with van der Waals surface area (Å²) in [6, 6.07) is 11.5. The first kappa shape index (κ1) is 16.3. The molecule has 112 valence electrons. The van der Waals surface area contributed by atoms with E-state index in [9.17, 15) is 0 Å². The predicted octanol–water partition coefficient (Wildman–Crippen LogP) is 4.58. The molecule has 0 bridgehead atoms. The number of halogens is 2. The molecule has 5 heteroatoms. The molecule has 0 saturated heterocycles. The molecular weight excluding hydrogens is 352 g/mol. The van der Waals surface area contributed by atoms with Crippen LogP contribution in [0, 0.1) is 0 Å². The summed E-state index contributed by atoms with van der Waals surface area (Å²) in [5.74, 6) is 0.655. The van der Waals surface area contributed by atoms with Crippen LogP contribution >= 0.6 is 27.5 Å². The third-order valence-corrected chi connectivity index (χ3v) is 3.67. The van der Waals surface area contributed by atoms with Crippen LogP contribution in [0.25, 0.3) is 0 Å². The highest BCUT2D eigenvalue weighted by Gasteiger charge is 2.04. The van der Waals surface area contributed by atoms with Crippen molar-refractivity contribution in [2.75, 3.05) is 6.54 Å². The summed E-state index contributed by atoms with van der Waals surface area (Å²) in [4.78, 5) is 4.57. The standard InChI is InChI=1S/C16H18BrClN2O/c1-2-8-19-10-13-4-3-5-14(20-13)11-21-16-9-12(17)6-7-15(16)18/h3-7,9,19H,2,8,10-11H2,1H3. The quantitative estimate of drug-likeness (QED) is 0.726. The van der Waals surface area contributed by atoms with Gasteiger partial charge in [-0.2, -0.15) is 0 Å². The van der Waals surface area contributed by atoms with Crippen molar-refractivity contribution in [3.63, 3.8) is 0 Å². The van der Waals surface area contributed by atoms with E-state index in [-0.39, 0.29) is 0 Å². The molecule has 3 nitrogen and oxygen atoms in total. The maximum Gasteiger partial charge on any atom is 0.139 e. The van der Waals surface area contributed by atoms with Crippen molar-refractivity contribution in [1.82, 2.24) is 10.3 Å². The third kappa shape index (κ3) is 5.30. The Balaban J connectivity index is 1.96. The first-order valence-corrected chi connectivity index (χ1v) is 8.09. The molecule has 2 rings (SSSR count). The lowest BCUT2D eigenvalue weighted by Gasteiger charge is -2.09. The Kier molecular flexibility index (Phi) is 6.49. The molecule has 1 aromatic carbocycles. The smallest absolute Gasteiger partial charge is 0.139 e. The minimum Gasteiger partial charge on any atom is -0.486 e. The lowest BCUT2D eigenvalue weighted by molar-refractivity contribution is 0.301. The first-order valence-electron chi connectivity index (χ1n) is 6.92. The molecule has 1 aromatic heterocycles. The minimum atomic E-state index is 0.401. The maximum absolute atomic E-state index is 6.10. The number of nitrogens with zero attached hydrogens (tertiary/aromatic N) is 1. The Labute approximate surface area is 138 Å². The van der Waals surface area contributed by atoms with Crippen molar-refractivity contribution >= 4 is 27.5 Å². The highest BCUT2D eigenvalue weighted by atomic mass is 79.9. The van der Waals surface area contributed by atoms with E-state index in [1.54, 1.807) is 6.07 Å². The second kappa shape index (κ2) is 8.37. The lowest BCUT2D eigenvalue weighted by atomic mass is 10.3. The van der Waals surface area contributed by atoms with Crippen LogP contribution in [-0.2, 0) is 13.2 Å². The number of benzene rings is 1. The second-order valence-electron chi connectivity index (χ2n) is 4.66. The molecule has 0 fully saturated rings. The van der Waals surface area contributed by atoms with E-state index in [2.05, 4.69) is 33.2 Å². The van der Waals surface area contributed by atoms with Crippen LogP contribution in [0.1, 0.15) is 24.7 Å². The van der Waals surface area contributed by atoms with E-state index in [4.69, 9.17) is 16.3 Å². The average Bonchev–Trinajstić information content (AvgIpc) is 2.49. The summed E-state index contributed by atoms with van der Waals surface area (Å²) in [5, 5.41) is 3.93. The van der Waals surface area contributed by atoms with Gasteiger partial charge in [-0.05, 0) is 43.3 Å². The highest BCUT2D eigenvalue weighted by Crippen LogP contribution is 2.28. The number of aromatic nitrogens is 1. The van der Waals surface area contributed by atoms with Crippen molar-refractivity contribution in [3.05, 3.63) is 57.3 Å². The summed E-state index contributed by atoms with van der Waals surface area (Å²) in [7, 11) is 0. The van der Waals surface area contributed by atoms with Gasteiger partial charge in [0.25, 0.3) is 0 Å². The minimum absolute atomic E-state index is 0.401. The Morgan fingerprint density at radius 2 is 2.05 bits per heavy atom. The van der Waals surface area contributed by atoms with Crippen LogP contribution in [-0.4, -0.2) is 11.5 Å². The van der Waals surface area contributed by atoms with Gasteiger partial charge < -0.3 is 10.1 Å². The van der Waals surface area contributed by atoms with Crippen molar-refractivity contribution < 1.29 is 4.74 Å². The van der Waals surface area contributed by atoms with Gasteiger partial charge in [0.15, 0.2) is 0 Å². The van der Waals surface area contributed by atoms with Crippen molar-refractivity contribution in [2.24, 2.45) is 0 Å². The van der Waals surface area contributed by atoms with Crippen LogP contribution in [0.2, 0.25) is 5.02 Å². The van der Waals surface area contributed by atoms with E-state index >= 15 is 0 Å². The second-order valence-corrected chi connectivity index (χ2v) is 5.98. The SMILES string of the molecule is CCCNCc1cccc(COc2cc(Br)ccc2Cl)n1. The molecule has 1 N–H and O–H groups in total. The van der Waals surface area contributed by atoms with Crippen LogP contribution < -0.4 is 10.1 Å². The monoisotopic (exact) mass is 368 g/mol. The van der Waals surface area contributed by atoms with Gasteiger partial charge in [-0.3, -0.25) is 4.98 Å². The highest BCUT2D eigenvalue weighted by molar-refractivity contribution is 9.10. The number of nitrogens with one attached hydrogen (secondary N) is 1. The van der Waals surface area contributed by atoms with Crippen molar-refractivity contribution in [1.29, 1.82) is 0 Å². The molecule has 2 aromatic rings. The van der Waals surface area contributed by atoms with Crippen LogP contribution in [0.15, 0.2) is 40.9 Å². The van der Waals surface area contributed by atoms with Gasteiger partial charge in [0.2, 0.25) is 0 Å². The normalized spacial score (nSPS) is 10.6. The molecular formula is C16H18BrClN2O.